The number of rotatable bonds is 4. The Kier molecular flexibility index (Phi) is 5.09. The van der Waals surface area contributed by atoms with E-state index in [2.05, 4.69) is 21.2 Å². The number of hydrogen-bond donors (Lipinski definition) is 1. The van der Waals surface area contributed by atoms with Gasteiger partial charge in [0.25, 0.3) is 5.91 Å². The number of nitrogens with one attached hydrogen (secondary N) is 1. The van der Waals surface area contributed by atoms with Crippen LogP contribution < -0.4 is 4.74 Å². The smallest absolute Gasteiger partial charge is 0.254 e. The van der Waals surface area contributed by atoms with Crippen molar-refractivity contribution in [1.82, 2.24) is 20.1 Å². The maximum absolute atomic E-state index is 12.7. The van der Waals surface area contributed by atoms with Crippen LogP contribution in [0.1, 0.15) is 10.4 Å². The molecule has 4 aromatic rings. The summed E-state index contributed by atoms with van der Waals surface area (Å²) in [7, 11) is 1.65. The summed E-state index contributed by atoms with van der Waals surface area (Å²) in [6.45, 7) is 2.45. The first-order valence-corrected chi connectivity index (χ1v) is 10.2. The first kappa shape index (κ1) is 19.3. The molecule has 0 unspecified atom stereocenters. The highest BCUT2D eigenvalue weighted by molar-refractivity contribution is 5.96. The standard InChI is InChI=1S/C24H22N4O3/c1-30-21-5-3-2-4-19(21)22-20-14-18(15-25-23(20)27-26-22)16-6-8-17(9-7-16)24(29)28-10-12-31-13-11-28/h2-9,14-15H,10-13H2,1H3,(H,25,26,27). The molecule has 156 valence electrons. The molecule has 7 nitrogen and oxygen atoms in total. The van der Waals surface area contributed by atoms with Crippen LogP contribution >= 0.6 is 0 Å². The molecule has 1 fully saturated rings. The molecule has 7 heteroatoms. The molecule has 1 N–H and O–H groups in total. The second kappa shape index (κ2) is 8.20. The number of aromatic nitrogens is 3. The summed E-state index contributed by atoms with van der Waals surface area (Å²) in [5.41, 5.74) is 5.03. The molecule has 3 heterocycles. The number of carbonyl (C=O) groups excluding carboxylic acids is 1. The number of ether oxygens (including phenoxy) is 2. The molecular weight excluding hydrogens is 392 g/mol. The van der Waals surface area contributed by atoms with Crippen molar-refractivity contribution in [3.63, 3.8) is 0 Å². The van der Waals surface area contributed by atoms with Gasteiger partial charge in [-0.05, 0) is 35.9 Å². The minimum Gasteiger partial charge on any atom is -0.496 e. The van der Waals surface area contributed by atoms with Crippen molar-refractivity contribution in [3.05, 3.63) is 66.4 Å². The molecule has 1 saturated heterocycles. The summed E-state index contributed by atoms with van der Waals surface area (Å²) in [6, 6.07) is 17.5. The zero-order chi connectivity index (χ0) is 21.2. The van der Waals surface area contributed by atoms with E-state index in [-0.39, 0.29) is 5.91 Å². The number of carbonyl (C=O) groups is 1. The highest BCUT2D eigenvalue weighted by Crippen LogP contribution is 2.34. The SMILES string of the molecule is COc1ccccc1-c1n[nH]c2ncc(-c3ccc(C(=O)N4CCOCC4)cc3)cc12. The third-order valence-electron chi connectivity index (χ3n) is 5.54. The van der Waals surface area contributed by atoms with Crippen LogP contribution in [-0.2, 0) is 4.74 Å². The Labute approximate surface area is 179 Å². The lowest BCUT2D eigenvalue weighted by molar-refractivity contribution is 0.0303. The van der Waals surface area contributed by atoms with Gasteiger partial charge in [0.05, 0.1) is 20.3 Å². The molecule has 2 aromatic carbocycles. The van der Waals surface area contributed by atoms with Gasteiger partial charge in [0.1, 0.15) is 11.4 Å². The number of amides is 1. The predicted molar refractivity (Wildman–Crippen MR) is 118 cm³/mol. The fourth-order valence-electron chi connectivity index (χ4n) is 3.86. The molecule has 1 aliphatic heterocycles. The van der Waals surface area contributed by atoms with Crippen molar-refractivity contribution in [1.29, 1.82) is 0 Å². The predicted octanol–water partition coefficient (Wildman–Crippen LogP) is 3.77. The molecule has 5 rings (SSSR count). The van der Waals surface area contributed by atoms with E-state index in [1.165, 1.54) is 0 Å². The van der Waals surface area contributed by atoms with Crippen LogP contribution in [-0.4, -0.2) is 59.4 Å². The van der Waals surface area contributed by atoms with Gasteiger partial charge < -0.3 is 14.4 Å². The zero-order valence-electron chi connectivity index (χ0n) is 17.2. The lowest BCUT2D eigenvalue weighted by atomic mass is 10.0. The molecule has 0 aliphatic carbocycles. The zero-order valence-corrected chi connectivity index (χ0v) is 17.2. The van der Waals surface area contributed by atoms with Gasteiger partial charge in [0.2, 0.25) is 0 Å². The van der Waals surface area contributed by atoms with E-state index in [9.17, 15) is 4.79 Å². The van der Waals surface area contributed by atoms with Gasteiger partial charge in [-0.25, -0.2) is 4.98 Å². The lowest BCUT2D eigenvalue weighted by Gasteiger charge is -2.26. The third kappa shape index (κ3) is 3.64. The number of morpholine rings is 1. The van der Waals surface area contributed by atoms with Crippen LogP contribution in [0.5, 0.6) is 5.75 Å². The number of para-hydroxylation sites is 1. The van der Waals surface area contributed by atoms with Crippen LogP contribution in [0.3, 0.4) is 0 Å². The number of hydrogen-bond acceptors (Lipinski definition) is 5. The van der Waals surface area contributed by atoms with E-state index in [1.807, 2.05) is 59.6 Å². The highest BCUT2D eigenvalue weighted by atomic mass is 16.5. The van der Waals surface area contributed by atoms with Crippen LogP contribution in [0.25, 0.3) is 33.4 Å². The van der Waals surface area contributed by atoms with Gasteiger partial charge in [0, 0.05) is 41.4 Å². The number of pyridine rings is 1. The van der Waals surface area contributed by atoms with E-state index in [0.717, 1.165) is 33.5 Å². The van der Waals surface area contributed by atoms with Crippen molar-refractivity contribution in [2.75, 3.05) is 33.4 Å². The molecule has 2 aromatic heterocycles. The molecule has 0 bridgehead atoms. The number of fused-ring (bicyclic) bond motifs is 1. The highest BCUT2D eigenvalue weighted by Gasteiger charge is 2.19. The number of H-pyrrole nitrogens is 1. The van der Waals surface area contributed by atoms with Crippen molar-refractivity contribution in [2.45, 2.75) is 0 Å². The minimum absolute atomic E-state index is 0.0386. The Balaban J connectivity index is 1.47. The van der Waals surface area contributed by atoms with E-state index in [0.29, 0.717) is 37.5 Å². The fourth-order valence-corrected chi connectivity index (χ4v) is 3.86. The number of methoxy groups -OCH3 is 1. The molecular formula is C24H22N4O3. The van der Waals surface area contributed by atoms with Crippen molar-refractivity contribution < 1.29 is 14.3 Å². The lowest BCUT2D eigenvalue weighted by Crippen LogP contribution is -2.40. The Morgan fingerprint density at radius 3 is 2.61 bits per heavy atom. The second-order valence-corrected chi connectivity index (χ2v) is 7.37. The van der Waals surface area contributed by atoms with Gasteiger partial charge in [-0.1, -0.05) is 24.3 Å². The summed E-state index contributed by atoms with van der Waals surface area (Å²) in [5, 5.41) is 8.38. The Morgan fingerprint density at radius 1 is 1.06 bits per heavy atom. The average molecular weight is 414 g/mol. The maximum Gasteiger partial charge on any atom is 0.254 e. The molecule has 1 aliphatic rings. The Hall–Kier alpha value is -3.71. The quantitative estimate of drug-likeness (QED) is 0.550. The summed E-state index contributed by atoms with van der Waals surface area (Å²) in [5.74, 6) is 0.795. The molecule has 31 heavy (non-hydrogen) atoms. The topological polar surface area (TPSA) is 80.3 Å². The van der Waals surface area contributed by atoms with Crippen LogP contribution in [0.15, 0.2) is 60.8 Å². The molecule has 0 spiro atoms. The fraction of sp³-hybridized carbons (Fsp3) is 0.208. The Morgan fingerprint density at radius 2 is 1.84 bits per heavy atom. The van der Waals surface area contributed by atoms with E-state index < -0.39 is 0 Å². The summed E-state index contributed by atoms with van der Waals surface area (Å²) >= 11 is 0. The van der Waals surface area contributed by atoms with Crippen molar-refractivity contribution in [3.8, 4) is 28.1 Å². The normalized spacial score (nSPS) is 14.0. The van der Waals surface area contributed by atoms with Gasteiger partial charge in [-0.2, -0.15) is 5.10 Å². The van der Waals surface area contributed by atoms with Crippen LogP contribution in [0, 0.1) is 0 Å². The minimum atomic E-state index is 0.0386. The van der Waals surface area contributed by atoms with Crippen molar-refractivity contribution >= 4 is 16.9 Å². The summed E-state index contributed by atoms with van der Waals surface area (Å²) in [4.78, 5) is 19.1. The van der Waals surface area contributed by atoms with Crippen LogP contribution in [0.4, 0.5) is 0 Å². The van der Waals surface area contributed by atoms with Crippen molar-refractivity contribution in [2.24, 2.45) is 0 Å². The second-order valence-electron chi connectivity index (χ2n) is 7.37. The monoisotopic (exact) mass is 414 g/mol. The van der Waals surface area contributed by atoms with Crippen LogP contribution in [0.2, 0.25) is 0 Å². The molecule has 0 saturated carbocycles. The summed E-state index contributed by atoms with van der Waals surface area (Å²) < 4.78 is 10.8. The van der Waals surface area contributed by atoms with Gasteiger partial charge in [0.15, 0.2) is 5.65 Å². The largest absolute Gasteiger partial charge is 0.496 e. The van der Waals surface area contributed by atoms with Gasteiger partial charge in [-0.15, -0.1) is 0 Å². The number of nitrogens with zero attached hydrogens (tertiary/aromatic N) is 3. The molecule has 0 radical (unpaired) electrons. The maximum atomic E-state index is 12.7. The van der Waals surface area contributed by atoms with Gasteiger partial charge in [-0.3, -0.25) is 9.89 Å². The average Bonchev–Trinajstić information content (AvgIpc) is 3.27. The van der Waals surface area contributed by atoms with E-state index >= 15 is 0 Å². The first-order chi connectivity index (χ1) is 15.2. The Bertz CT molecular complexity index is 1230. The van der Waals surface area contributed by atoms with E-state index in [1.54, 1.807) is 7.11 Å². The number of benzene rings is 2. The summed E-state index contributed by atoms with van der Waals surface area (Å²) in [6.07, 6.45) is 1.81. The van der Waals surface area contributed by atoms with Gasteiger partial charge >= 0.3 is 0 Å². The third-order valence-corrected chi connectivity index (χ3v) is 5.54. The first-order valence-electron chi connectivity index (χ1n) is 10.2. The van der Waals surface area contributed by atoms with E-state index in [4.69, 9.17) is 9.47 Å². The molecule has 0 atom stereocenters. The number of aromatic amines is 1. The molecule has 1 amide bonds.